The van der Waals surface area contributed by atoms with Gasteiger partial charge in [0.2, 0.25) is 0 Å². The third-order valence-corrected chi connectivity index (χ3v) is 3.68. The van der Waals surface area contributed by atoms with E-state index >= 15 is 0 Å². The maximum absolute atomic E-state index is 10.1. The standard InChI is InChI=1S/C16H28N2O2/c1-15(2,19)16(3,4)20-14-10-9-13(17-12-14)8-7-11-18(5)6/h9-10,12,19H,7-8,11H2,1-6H3. The summed E-state index contributed by atoms with van der Waals surface area (Å²) in [6.45, 7) is 8.30. The normalized spacial score (nSPS) is 12.8. The Kier molecular flexibility index (Phi) is 5.54. The van der Waals surface area contributed by atoms with Crippen molar-refractivity contribution in [2.24, 2.45) is 0 Å². The van der Waals surface area contributed by atoms with Crippen LogP contribution in [0, 0.1) is 0 Å². The summed E-state index contributed by atoms with van der Waals surface area (Å²) in [6.07, 6.45) is 3.79. The summed E-state index contributed by atoms with van der Waals surface area (Å²) >= 11 is 0. The van der Waals surface area contributed by atoms with Gasteiger partial charge in [-0.15, -0.1) is 0 Å². The van der Waals surface area contributed by atoms with Gasteiger partial charge in [-0.25, -0.2) is 0 Å². The second kappa shape index (κ2) is 6.55. The van der Waals surface area contributed by atoms with E-state index in [9.17, 15) is 5.11 Å². The van der Waals surface area contributed by atoms with Crippen LogP contribution in [0.15, 0.2) is 18.3 Å². The number of hydrogen-bond donors (Lipinski definition) is 1. The number of rotatable bonds is 7. The van der Waals surface area contributed by atoms with Crippen LogP contribution in [-0.4, -0.2) is 46.8 Å². The third-order valence-electron chi connectivity index (χ3n) is 3.68. The number of pyridine rings is 1. The number of aryl methyl sites for hydroxylation is 1. The zero-order valence-corrected chi connectivity index (χ0v) is 13.6. The van der Waals surface area contributed by atoms with E-state index in [1.807, 2.05) is 26.0 Å². The molecule has 0 spiro atoms. The quantitative estimate of drug-likeness (QED) is 0.833. The minimum Gasteiger partial charge on any atom is -0.483 e. The predicted molar refractivity (Wildman–Crippen MR) is 82.1 cm³/mol. The maximum Gasteiger partial charge on any atom is 0.138 e. The molecule has 1 rings (SSSR count). The number of aliphatic hydroxyl groups is 1. The summed E-state index contributed by atoms with van der Waals surface area (Å²) in [6, 6.07) is 3.91. The minimum absolute atomic E-state index is 0.666. The number of ether oxygens (including phenoxy) is 1. The Hall–Kier alpha value is -1.13. The predicted octanol–water partition coefficient (Wildman–Crippen LogP) is 2.50. The van der Waals surface area contributed by atoms with Crippen molar-refractivity contribution in [1.29, 1.82) is 0 Å². The first kappa shape index (κ1) is 16.9. The lowest BCUT2D eigenvalue weighted by Crippen LogP contribution is -2.49. The van der Waals surface area contributed by atoms with Crippen LogP contribution < -0.4 is 4.74 Å². The molecule has 0 aliphatic carbocycles. The van der Waals surface area contributed by atoms with Gasteiger partial charge >= 0.3 is 0 Å². The summed E-state index contributed by atoms with van der Waals surface area (Å²) in [5.74, 6) is 0.688. The fourth-order valence-electron chi connectivity index (χ4n) is 1.62. The second-order valence-corrected chi connectivity index (χ2v) is 6.56. The number of aromatic nitrogens is 1. The average molecular weight is 280 g/mol. The summed E-state index contributed by atoms with van der Waals surface area (Å²) in [5.41, 5.74) is -0.515. The topological polar surface area (TPSA) is 45.6 Å². The van der Waals surface area contributed by atoms with Crippen LogP contribution in [0.25, 0.3) is 0 Å². The van der Waals surface area contributed by atoms with Gasteiger partial charge in [0.15, 0.2) is 0 Å². The van der Waals surface area contributed by atoms with Gasteiger partial charge in [0.1, 0.15) is 11.4 Å². The molecular weight excluding hydrogens is 252 g/mol. The summed E-state index contributed by atoms with van der Waals surface area (Å²) in [7, 11) is 4.15. The molecule has 1 aromatic rings. The highest BCUT2D eigenvalue weighted by atomic mass is 16.5. The van der Waals surface area contributed by atoms with Gasteiger partial charge in [-0.3, -0.25) is 4.98 Å². The highest BCUT2D eigenvalue weighted by molar-refractivity contribution is 5.21. The largest absolute Gasteiger partial charge is 0.483 e. The van der Waals surface area contributed by atoms with Crippen LogP contribution >= 0.6 is 0 Å². The van der Waals surface area contributed by atoms with Crippen molar-refractivity contribution in [1.82, 2.24) is 9.88 Å². The number of hydrogen-bond acceptors (Lipinski definition) is 4. The van der Waals surface area contributed by atoms with E-state index in [1.54, 1.807) is 20.0 Å². The van der Waals surface area contributed by atoms with E-state index in [1.165, 1.54) is 0 Å². The molecule has 0 atom stereocenters. The molecule has 0 bridgehead atoms. The van der Waals surface area contributed by atoms with Gasteiger partial charge in [0.25, 0.3) is 0 Å². The fraction of sp³-hybridized carbons (Fsp3) is 0.688. The molecule has 1 N–H and O–H groups in total. The number of nitrogens with zero attached hydrogens (tertiary/aromatic N) is 2. The van der Waals surface area contributed by atoms with Gasteiger partial charge in [-0.2, -0.15) is 0 Å². The highest BCUT2D eigenvalue weighted by Crippen LogP contribution is 2.27. The molecule has 0 fully saturated rings. The molecule has 4 heteroatoms. The molecule has 1 aromatic heterocycles. The molecule has 4 nitrogen and oxygen atoms in total. The first-order valence-electron chi connectivity index (χ1n) is 7.13. The smallest absolute Gasteiger partial charge is 0.138 e. The molecule has 0 amide bonds. The van der Waals surface area contributed by atoms with E-state index in [2.05, 4.69) is 24.0 Å². The second-order valence-electron chi connectivity index (χ2n) is 6.56. The fourth-order valence-corrected chi connectivity index (χ4v) is 1.62. The molecule has 0 aromatic carbocycles. The Bertz CT molecular complexity index is 405. The molecule has 0 unspecified atom stereocenters. The van der Waals surface area contributed by atoms with Gasteiger partial charge in [-0.1, -0.05) is 0 Å². The molecular formula is C16H28N2O2. The van der Waals surface area contributed by atoms with Crippen molar-refractivity contribution in [3.63, 3.8) is 0 Å². The van der Waals surface area contributed by atoms with E-state index < -0.39 is 11.2 Å². The van der Waals surface area contributed by atoms with Crippen LogP contribution in [0.2, 0.25) is 0 Å². The minimum atomic E-state index is -0.919. The molecule has 0 saturated heterocycles. The lowest BCUT2D eigenvalue weighted by atomic mass is 9.89. The first-order chi connectivity index (χ1) is 9.12. The molecule has 0 aliphatic heterocycles. The van der Waals surface area contributed by atoms with Gasteiger partial charge in [0, 0.05) is 5.69 Å². The Morgan fingerprint density at radius 1 is 1.20 bits per heavy atom. The van der Waals surface area contributed by atoms with Gasteiger partial charge in [0.05, 0.1) is 11.8 Å². The van der Waals surface area contributed by atoms with Crippen molar-refractivity contribution in [3.8, 4) is 5.75 Å². The van der Waals surface area contributed by atoms with Crippen LogP contribution in [0.1, 0.15) is 39.8 Å². The average Bonchev–Trinajstić information content (AvgIpc) is 2.29. The van der Waals surface area contributed by atoms with Crippen molar-refractivity contribution >= 4 is 0 Å². The Labute approximate surface area is 122 Å². The Balaban J connectivity index is 2.59. The van der Waals surface area contributed by atoms with Gasteiger partial charge in [-0.05, 0) is 73.3 Å². The molecule has 114 valence electrons. The van der Waals surface area contributed by atoms with Crippen LogP contribution in [0.4, 0.5) is 0 Å². The van der Waals surface area contributed by atoms with Crippen molar-refractivity contribution in [2.45, 2.75) is 51.7 Å². The zero-order chi connectivity index (χ0) is 15.4. The summed E-state index contributed by atoms with van der Waals surface area (Å²) in [4.78, 5) is 6.59. The molecule has 0 aliphatic rings. The molecule has 0 radical (unpaired) electrons. The van der Waals surface area contributed by atoms with Crippen molar-refractivity contribution in [3.05, 3.63) is 24.0 Å². The Morgan fingerprint density at radius 3 is 2.30 bits per heavy atom. The van der Waals surface area contributed by atoms with E-state index in [0.717, 1.165) is 25.1 Å². The van der Waals surface area contributed by atoms with Crippen LogP contribution in [-0.2, 0) is 6.42 Å². The van der Waals surface area contributed by atoms with E-state index in [0.29, 0.717) is 5.75 Å². The molecule has 20 heavy (non-hydrogen) atoms. The first-order valence-corrected chi connectivity index (χ1v) is 7.13. The van der Waals surface area contributed by atoms with Gasteiger partial charge < -0.3 is 14.7 Å². The lowest BCUT2D eigenvalue weighted by Gasteiger charge is -2.37. The maximum atomic E-state index is 10.1. The summed E-state index contributed by atoms with van der Waals surface area (Å²) < 4.78 is 5.84. The van der Waals surface area contributed by atoms with E-state index in [4.69, 9.17) is 4.74 Å². The van der Waals surface area contributed by atoms with Crippen molar-refractivity contribution < 1.29 is 9.84 Å². The van der Waals surface area contributed by atoms with Crippen LogP contribution in [0.5, 0.6) is 5.75 Å². The van der Waals surface area contributed by atoms with Crippen LogP contribution in [0.3, 0.4) is 0 Å². The molecule has 0 saturated carbocycles. The van der Waals surface area contributed by atoms with Crippen molar-refractivity contribution in [2.75, 3.05) is 20.6 Å². The monoisotopic (exact) mass is 280 g/mol. The van der Waals surface area contributed by atoms with E-state index in [-0.39, 0.29) is 0 Å². The third kappa shape index (κ3) is 5.10. The Morgan fingerprint density at radius 2 is 1.85 bits per heavy atom. The zero-order valence-electron chi connectivity index (χ0n) is 13.6. The SMILES string of the molecule is CN(C)CCCc1ccc(OC(C)(C)C(C)(C)O)cn1. The summed E-state index contributed by atoms with van der Waals surface area (Å²) in [5, 5.41) is 10.1. The lowest BCUT2D eigenvalue weighted by molar-refractivity contribution is -0.0908. The molecule has 1 heterocycles. The highest BCUT2D eigenvalue weighted by Gasteiger charge is 2.37.